The maximum absolute atomic E-state index is 9.06. The Morgan fingerprint density at radius 1 is 1.37 bits per heavy atom. The SMILES string of the molecule is Nc1cnc2ccccc2c1N1CCC(CCO)C1. The van der Waals surface area contributed by atoms with E-state index in [-0.39, 0.29) is 6.61 Å². The second kappa shape index (κ2) is 5.05. The number of hydrogen-bond donors (Lipinski definition) is 2. The van der Waals surface area contributed by atoms with Gasteiger partial charge in [-0.3, -0.25) is 4.98 Å². The van der Waals surface area contributed by atoms with Gasteiger partial charge in [-0.1, -0.05) is 18.2 Å². The largest absolute Gasteiger partial charge is 0.396 e. The molecule has 19 heavy (non-hydrogen) atoms. The van der Waals surface area contributed by atoms with Crippen LogP contribution in [0.5, 0.6) is 0 Å². The molecule has 100 valence electrons. The average molecular weight is 257 g/mol. The maximum atomic E-state index is 9.06. The van der Waals surface area contributed by atoms with Crippen LogP contribution in [0, 0.1) is 5.92 Å². The fourth-order valence-corrected chi connectivity index (χ4v) is 2.95. The van der Waals surface area contributed by atoms with Crippen molar-refractivity contribution in [1.82, 2.24) is 4.98 Å². The first-order valence-corrected chi connectivity index (χ1v) is 6.78. The van der Waals surface area contributed by atoms with Gasteiger partial charge < -0.3 is 15.7 Å². The first-order valence-electron chi connectivity index (χ1n) is 6.78. The molecule has 0 saturated carbocycles. The summed E-state index contributed by atoms with van der Waals surface area (Å²) in [7, 11) is 0. The highest BCUT2D eigenvalue weighted by Crippen LogP contribution is 2.35. The molecule has 0 aliphatic carbocycles. The molecule has 1 unspecified atom stereocenters. The molecule has 1 saturated heterocycles. The molecule has 1 aromatic carbocycles. The molecule has 2 aromatic rings. The van der Waals surface area contributed by atoms with Crippen LogP contribution in [0.15, 0.2) is 30.5 Å². The molecule has 0 amide bonds. The summed E-state index contributed by atoms with van der Waals surface area (Å²) in [5.74, 6) is 0.566. The van der Waals surface area contributed by atoms with Crippen molar-refractivity contribution in [2.75, 3.05) is 30.3 Å². The number of rotatable bonds is 3. The Bertz CT molecular complexity index is 585. The monoisotopic (exact) mass is 257 g/mol. The molecule has 1 atom stereocenters. The number of anilines is 2. The van der Waals surface area contributed by atoms with Gasteiger partial charge in [0.15, 0.2) is 0 Å². The van der Waals surface area contributed by atoms with Crippen LogP contribution in [0.25, 0.3) is 10.9 Å². The fourth-order valence-electron chi connectivity index (χ4n) is 2.95. The Hall–Kier alpha value is -1.81. The van der Waals surface area contributed by atoms with Gasteiger partial charge >= 0.3 is 0 Å². The van der Waals surface area contributed by atoms with E-state index in [1.54, 1.807) is 6.20 Å². The van der Waals surface area contributed by atoms with E-state index in [1.807, 2.05) is 18.2 Å². The van der Waals surface area contributed by atoms with Crippen molar-refractivity contribution < 1.29 is 5.11 Å². The third-order valence-electron chi connectivity index (χ3n) is 3.91. The van der Waals surface area contributed by atoms with Crippen LogP contribution in [0.1, 0.15) is 12.8 Å². The second-order valence-electron chi connectivity index (χ2n) is 5.19. The van der Waals surface area contributed by atoms with Crippen LogP contribution < -0.4 is 10.6 Å². The lowest BCUT2D eigenvalue weighted by molar-refractivity contribution is 0.263. The molecule has 2 heterocycles. The summed E-state index contributed by atoms with van der Waals surface area (Å²) in [4.78, 5) is 6.71. The summed E-state index contributed by atoms with van der Waals surface area (Å²) in [5.41, 5.74) is 8.96. The summed E-state index contributed by atoms with van der Waals surface area (Å²) in [6.45, 7) is 2.24. The number of hydrogen-bond acceptors (Lipinski definition) is 4. The predicted molar refractivity (Wildman–Crippen MR) is 78.2 cm³/mol. The average Bonchev–Trinajstić information content (AvgIpc) is 2.87. The van der Waals surface area contributed by atoms with Crippen molar-refractivity contribution in [2.24, 2.45) is 5.92 Å². The Balaban J connectivity index is 1.98. The zero-order valence-electron chi connectivity index (χ0n) is 10.9. The van der Waals surface area contributed by atoms with Crippen molar-refractivity contribution in [2.45, 2.75) is 12.8 Å². The van der Waals surface area contributed by atoms with Crippen LogP contribution in [-0.2, 0) is 0 Å². The number of nitrogens with zero attached hydrogens (tertiary/aromatic N) is 2. The smallest absolute Gasteiger partial charge is 0.0745 e. The molecule has 3 rings (SSSR count). The summed E-state index contributed by atoms with van der Waals surface area (Å²) < 4.78 is 0. The van der Waals surface area contributed by atoms with E-state index in [9.17, 15) is 0 Å². The van der Waals surface area contributed by atoms with Crippen LogP contribution in [-0.4, -0.2) is 29.8 Å². The maximum Gasteiger partial charge on any atom is 0.0745 e. The number of aliphatic hydroxyl groups is 1. The topological polar surface area (TPSA) is 62.4 Å². The molecular formula is C15H19N3O. The van der Waals surface area contributed by atoms with Crippen LogP contribution in [0.2, 0.25) is 0 Å². The molecule has 1 aliphatic rings. The standard InChI is InChI=1S/C15H19N3O/c16-13-9-17-14-4-2-1-3-12(14)15(13)18-7-5-11(10-18)6-8-19/h1-4,9,11,19H,5-8,10,16H2. The molecule has 0 spiro atoms. The fraction of sp³-hybridized carbons (Fsp3) is 0.400. The Labute approximate surface area is 112 Å². The second-order valence-corrected chi connectivity index (χ2v) is 5.19. The number of nitrogen functional groups attached to an aromatic ring is 1. The lowest BCUT2D eigenvalue weighted by atomic mass is 10.1. The number of pyridine rings is 1. The van der Waals surface area contributed by atoms with Gasteiger partial charge in [-0.25, -0.2) is 0 Å². The third kappa shape index (κ3) is 2.24. The summed E-state index contributed by atoms with van der Waals surface area (Å²) >= 11 is 0. The van der Waals surface area contributed by atoms with Gasteiger partial charge in [0.25, 0.3) is 0 Å². The van der Waals surface area contributed by atoms with Crippen molar-refractivity contribution in [3.8, 4) is 0 Å². The molecule has 4 heteroatoms. The lowest BCUT2D eigenvalue weighted by Crippen LogP contribution is -2.21. The summed E-state index contributed by atoms with van der Waals surface area (Å²) in [6, 6.07) is 8.11. The van der Waals surface area contributed by atoms with E-state index < -0.39 is 0 Å². The molecular weight excluding hydrogens is 238 g/mol. The lowest BCUT2D eigenvalue weighted by Gasteiger charge is -2.22. The molecule has 1 aliphatic heterocycles. The molecule has 0 radical (unpaired) electrons. The number of para-hydroxylation sites is 1. The van der Waals surface area contributed by atoms with Crippen molar-refractivity contribution >= 4 is 22.3 Å². The zero-order chi connectivity index (χ0) is 13.2. The minimum atomic E-state index is 0.269. The van der Waals surface area contributed by atoms with Gasteiger partial charge in [0.1, 0.15) is 0 Å². The van der Waals surface area contributed by atoms with Crippen LogP contribution in [0.3, 0.4) is 0 Å². The third-order valence-corrected chi connectivity index (χ3v) is 3.91. The first kappa shape index (κ1) is 12.2. The summed E-state index contributed by atoms with van der Waals surface area (Å²) in [6.07, 6.45) is 3.74. The van der Waals surface area contributed by atoms with Crippen molar-refractivity contribution in [3.63, 3.8) is 0 Å². The number of fused-ring (bicyclic) bond motifs is 1. The van der Waals surface area contributed by atoms with Crippen molar-refractivity contribution in [1.29, 1.82) is 0 Å². The Morgan fingerprint density at radius 2 is 2.21 bits per heavy atom. The molecule has 4 nitrogen and oxygen atoms in total. The van der Waals surface area contributed by atoms with Crippen LogP contribution >= 0.6 is 0 Å². The molecule has 1 fully saturated rings. The Morgan fingerprint density at radius 3 is 3.05 bits per heavy atom. The number of nitrogens with two attached hydrogens (primary N) is 1. The normalized spacial score (nSPS) is 19.2. The minimum absolute atomic E-state index is 0.269. The van der Waals surface area contributed by atoms with Crippen molar-refractivity contribution in [3.05, 3.63) is 30.5 Å². The van der Waals surface area contributed by atoms with Gasteiger partial charge in [-0.05, 0) is 24.8 Å². The highest BCUT2D eigenvalue weighted by Gasteiger charge is 2.24. The highest BCUT2D eigenvalue weighted by molar-refractivity contribution is 5.97. The van der Waals surface area contributed by atoms with Gasteiger partial charge in [-0.15, -0.1) is 0 Å². The predicted octanol–water partition coefficient (Wildman–Crippen LogP) is 2.03. The van der Waals surface area contributed by atoms with Gasteiger partial charge in [0, 0.05) is 25.1 Å². The van der Waals surface area contributed by atoms with E-state index >= 15 is 0 Å². The van der Waals surface area contributed by atoms with E-state index in [2.05, 4.69) is 16.0 Å². The number of benzene rings is 1. The number of aliphatic hydroxyl groups excluding tert-OH is 1. The first-order chi connectivity index (χ1) is 9.29. The number of aromatic nitrogens is 1. The molecule has 1 aromatic heterocycles. The molecule has 0 bridgehead atoms. The Kier molecular flexibility index (Phi) is 3.25. The van der Waals surface area contributed by atoms with E-state index in [4.69, 9.17) is 10.8 Å². The highest BCUT2D eigenvalue weighted by atomic mass is 16.3. The summed E-state index contributed by atoms with van der Waals surface area (Å²) in [5, 5.41) is 10.2. The van der Waals surface area contributed by atoms with Crippen LogP contribution in [0.4, 0.5) is 11.4 Å². The van der Waals surface area contributed by atoms with E-state index in [0.29, 0.717) is 5.92 Å². The van der Waals surface area contributed by atoms with E-state index in [1.165, 1.54) is 0 Å². The van der Waals surface area contributed by atoms with Gasteiger partial charge in [0.2, 0.25) is 0 Å². The quantitative estimate of drug-likeness (QED) is 0.883. The van der Waals surface area contributed by atoms with Gasteiger partial charge in [-0.2, -0.15) is 0 Å². The van der Waals surface area contributed by atoms with Gasteiger partial charge in [0.05, 0.1) is 23.1 Å². The minimum Gasteiger partial charge on any atom is -0.396 e. The zero-order valence-corrected chi connectivity index (χ0v) is 10.9. The molecule has 3 N–H and O–H groups in total. The van der Waals surface area contributed by atoms with E-state index in [0.717, 1.165) is 48.2 Å².